The van der Waals surface area contributed by atoms with Crippen molar-refractivity contribution >= 4 is 0 Å². The Labute approximate surface area is 104 Å². The molecular weight excluding hydrogens is 352 g/mol. The van der Waals surface area contributed by atoms with Crippen LogP contribution >= 0.6 is 0 Å². The smallest absolute Gasteiger partial charge is 0.356 e. The molecule has 0 bridgehead atoms. The van der Waals surface area contributed by atoms with Crippen LogP contribution in [-0.2, 0) is 17.1 Å². The quantitative estimate of drug-likeness (QED) is 0.329. The molecule has 0 saturated heterocycles. The molecular formula is MnN2O6Yb+3. The van der Waals surface area contributed by atoms with Gasteiger partial charge < -0.3 is 30.6 Å². The van der Waals surface area contributed by atoms with E-state index < -0.39 is 10.2 Å². The van der Waals surface area contributed by atoms with Gasteiger partial charge in [-0.3, -0.25) is 0 Å². The summed E-state index contributed by atoms with van der Waals surface area (Å²) in [6.07, 6.45) is 0. The van der Waals surface area contributed by atoms with Crippen molar-refractivity contribution < 1.29 is 74.2 Å². The molecule has 0 aliphatic carbocycles. The van der Waals surface area contributed by atoms with Gasteiger partial charge in [-0.05, 0) is 0 Å². The van der Waals surface area contributed by atoms with Crippen molar-refractivity contribution in [2.24, 2.45) is 0 Å². The van der Waals surface area contributed by atoms with Crippen molar-refractivity contribution in [3.05, 3.63) is 30.6 Å². The molecule has 0 aromatic heterocycles. The normalized spacial score (nSPS) is 4.80. The standard InChI is InChI=1S/Mn.2NO3.Yb/c;2*2-1(3)4;/q+2;2*-1;+3. The Morgan fingerprint density at radius 2 is 0.800 bits per heavy atom. The number of hydrogen-bond acceptors (Lipinski definition) is 6. The molecule has 0 aliphatic rings. The molecule has 0 aromatic carbocycles. The third-order valence-electron chi connectivity index (χ3n) is 0. The molecule has 10 heavy (non-hydrogen) atoms. The molecule has 0 spiro atoms. The van der Waals surface area contributed by atoms with Crippen LogP contribution in [0.5, 0.6) is 0 Å². The van der Waals surface area contributed by atoms with E-state index in [0.29, 0.717) is 0 Å². The summed E-state index contributed by atoms with van der Waals surface area (Å²) in [5.41, 5.74) is 0. The van der Waals surface area contributed by atoms with Crippen LogP contribution in [0.4, 0.5) is 0 Å². The van der Waals surface area contributed by atoms with Crippen LogP contribution in [0.25, 0.3) is 0 Å². The van der Waals surface area contributed by atoms with Crippen LogP contribution in [-0.4, -0.2) is 10.2 Å². The Bertz CT molecular complexity index is 73.7. The van der Waals surface area contributed by atoms with E-state index in [1.54, 1.807) is 0 Å². The summed E-state index contributed by atoms with van der Waals surface area (Å²) < 4.78 is 0. The fourth-order valence-corrected chi connectivity index (χ4v) is 0. The van der Waals surface area contributed by atoms with Gasteiger partial charge in [-0.2, -0.15) is 0 Å². The molecule has 0 unspecified atom stereocenters. The number of nitrogens with zero attached hydrogens (tertiary/aromatic N) is 2. The van der Waals surface area contributed by atoms with Gasteiger partial charge in [0.2, 0.25) is 0 Å². The first-order chi connectivity index (χ1) is 3.46. The molecule has 0 atom stereocenters. The first-order valence-electron chi connectivity index (χ1n) is 1.10. The van der Waals surface area contributed by atoms with E-state index >= 15 is 0 Å². The minimum absolute atomic E-state index is 0. The first kappa shape index (κ1) is 22.4. The van der Waals surface area contributed by atoms with Crippen LogP contribution in [0.2, 0.25) is 0 Å². The van der Waals surface area contributed by atoms with Crippen molar-refractivity contribution in [3.63, 3.8) is 0 Å². The minimum Gasteiger partial charge on any atom is -0.356 e. The molecule has 0 fully saturated rings. The Hall–Kier alpha value is 0.439. The summed E-state index contributed by atoms with van der Waals surface area (Å²) in [5.74, 6) is 0. The summed E-state index contributed by atoms with van der Waals surface area (Å²) in [6.45, 7) is 0. The van der Waals surface area contributed by atoms with Crippen molar-refractivity contribution in [1.29, 1.82) is 0 Å². The molecule has 0 N–H and O–H groups in total. The Balaban J connectivity index is -0.0000000300. The fourth-order valence-electron chi connectivity index (χ4n) is 0. The Morgan fingerprint density at radius 1 is 0.800 bits per heavy atom. The molecule has 0 heterocycles. The van der Waals surface area contributed by atoms with Crippen LogP contribution in [0.3, 0.4) is 0 Å². The maximum absolute atomic E-state index is 8.25. The molecule has 0 saturated carbocycles. The average molecular weight is 352 g/mol. The Morgan fingerprint density at radius 3 is 0.800 bits per heavy atom. The second kappa shape index (κ2) is 16.2. The predicted octanol–water partition coefficient (Wildman–Crippen LogP) is -0.481. The van der Waals surface area contributed by atoms with E-state index in [4.69, 9.17) is 30.6 Å². The molecule has 64 valence electrons. The maximum atomic E-state index is 8.25. The van der Waals surface area contributed by atoms with Crippen molar-refractivity contribution in [1.82, 2.24) is 0 Å². The molecule has 0 aliphatic heterocycles. The van der Waals surface area contributed by atoms with E-state index in [1.807, 2.05) is 0 Å². The van der Waals surface area contributed by atoms with Crippen LogP contribution in [0, 0.1) is 77.6 Å². The zero-order chi connectivity index (χ0) is 7.15. The third-order valence-corrected chi connectivity index (χ3v) is 0. The molecule has 2 radical (unpaired) electrons. The van der Waals surface area contributed by atoms with Crippen molar-refractivity contribution in [3.8, 4) is 0 Å². The van der Waals surface area contributed by atoms with Gasteiger partial charge in [-0.1, -0.05) is 0 Å². The minimum atomic E-state index is -1.75. The van der Waals surface area contributed by atoms with Crippen molar-refractivity contribution in [2.45, 2.75) is 0 Å². The largest absolute Gasteiger partial charge is 3.00 e. The molecule has 8 nitrogen and oxygen atoms in total. The number of hydrogen-bond donors (Lipinski definition) is 0. The predicted molar refractivity (Wildman–Crippen MR) is 20.7 cm³/mol. The van der Waals surface area contributed by atoms with E-state index in [-0.39, 0.29) is 64.0 Å². The summed E-state index contributed by atoms with van der Waals surface area (Å²) in [6, 6.07) is 0. The van der Waals surface area contributed by atoms with Gasteiger partial charge in [0.1, 0.15) is 0 Å². The second-order valence-corrected chi connectivity index (χ2v) is 0.447. The average Bonchev–Trinajstić information content (AvgIpc) is 1.25. The van der Waals surface area contributed by atoms with Gasteiger partial charge >= 0.3 is 64.0 Å². The zero-order valence-corrected chi connectivity index (χ0v) is 6.88. The van der Waals surface area contributed by atoms with E-state index in [2.05, 4.69) is 0 Å². The van der Waals surface area contributed by atoms with Crippen molar-refractivity contribution in [2.75, 3.05) is 0 Å². The van der Waals surface area contributed by atoms with Gasteiger partial charge in [-0.15, -0.1) is 0 Å². The molecule has 0 amide bonds. The van der Waals surface area contributed by atoms with Crippen LogP contribution < -0.4 is 0 Å². The summed E-state index contributed by atoms with van der Waals surface area (Å²) in [4.78, 5) is 16.5. The monoisotopic (exact) mass is 353 g/mol. The maximum Gasteiger partial charge on any atom is 3.00 e. The summed E-state index contributed by atoms with van der Waals surface area (Å²) in [7, 11) is 0. The number of rotatable bonds is 0. The topological polar surface area (TPSA) is 132 Å². The van der Waals surface area contributed by atoms with Gasteiger partial charge in [0, 0.05) is 0 Å². The fraction of sp³-hybridized carbons (Fsp3) is 0. The summed E-state index contributed by atoms with van der Waals surface area (Å²) in [5, 5.41) is 29.5. The molecule has 0 rings (SSSR count). The SMILES string of the molecule is O=[N+]([O-])[O-].O=[N+]([O-])[O-].[Mn+2].[Yb+3]. The van der Waals surface area contributed by atoms with E-state index in [0.717, 1.165) is 0 Å². The van der Waals surface area contributed by atoms with Gasteiger partial charge in [0.05, 0.1) is 10.2 Å². The summed E-state index contributed by atoms with van der Waals surface area (Å²) >= 11 is 0. The molecule has 0 aromatic rings. The van der Waals surface area contributed by atoms with E-state index in [9.17, 15) is 0 Å². The van der Waals surface area contributed by atoms with Gasteiger partial charge in [0.25, 0.3) is 0 Å². The third kappa shape index (κ3) is 2420. The molecule has 10 heteroatoms. The van der Waals surface area contributed by atoms with Gasteiger partial charge in [-0.25, -0.2) is 0 Å². The first-order valence-corrected chi connectivity index (χ1v) is 1.10. The van der Waals surface area contributed by atoms with Crippen LogP contribution in [0.15, 0.2) is 0 Å². The van der Waals surface area contributed by atoms with E-state index in [1.165, 1.54) is 0 Å². The van der Waals surface area contributed by atoms with Gasteiger partial charge in [0.15, 0.2) is 0 Å². The zero-order valence-electron chi connectivity index (χ0n) is 3.99. The van der Waals surface area contributed by atoms with Crippen LogP contribution in [0.1, 0.15) is 0 Å². The second-order valence-electron chi connectivity index (χ2n) is 0.447. The Kier molecular flexibility index (Phi) is 36.4.